The van der Waals surface area contributed by atoms with E-state index in [1.165, 1.54) is 36.8 Å². The molecule has 0 fully saturated rings. The van der Waals surface area contributed by atoms with Crippen LogP contribution in [0.2, 0.25) is 0 Å². The number of benzene rings is 1. The normalized spacial score (nSPS) is 10.3. The van der Waals surface area contributed by atoms with Crippen LogP contribution in [0.3, 0.4) is 0 Å². The smallest absolute Gasteiger partial charge is 0.258 e. The van der Waals surface area contributed by atoms with Gasteiger partial charge < -0.3 is 19.8 Å². The third-order valence-electron chi connectivity index (χ3n) is 4.09. The maximum Gasteiger partial charge on any atom is 0.258 e. The van der Waals surface area contributed by atoms with Crippen LogP contribution >= 0.6 is 11.3 Å². The van der Waals surface area contributed by atoms with Crippen LogP contribution in [-0.4, -0.2) is 36.0 Å². The van der Waals surface area contributed by atoms with Gasteiger partial charge in [0.25, 0.3) is 5.91 Å². The number of hydrogen-bond donors (Lipinski definition) is 3. The summed E-state index contributed by atoms with van der Waals surface area (Å²) >= 11 is 1.26. The molecule has 0 atom stereocenters. The molecule has 156 valence electrons. The van der Waals surface area contributed by atoms with E-state index in [-0.39, 0.29) is 23.8 Å². The van der Waals surface area contributed by atoms with E-state index in [0.717, 1.165) is 0 Å². The Morgan fingerprint density at radius 3 is 2.60 bits per heavy atom. The number of rotatable bonds is 8. The van der Waals surface area contributed by atoms with Crippen LogP contribution in [0.4, 0.5) is 10.8 Å². The minimum absolute atomic E-state index is 0.172. The van der Waals surface area contributed by atoms with Crippen LogP contribution in [0.1, 0.15) is 22.5 Å². The predicted molar refractivity (Wildman–Crippen MR) is 114 cm³/mol. The monoisotopic (exact) mass is 428 g/mol. The van der Waals surface area contributed by atoms with Crippen molar-refractivity contribution in [2.24, 2.45) is 0 Å². The maximum atomic E-state index is 12.2. The lowest BCUT2D eigenvalue weighted by Gasteiger charge is -2.10. The standard InChI is InChI=1S/C20H20N4O5S/c1-28-15-6-4-13(9-16(15)29-2)22-18(26)8-5-14-11-30-20(23-14)24-19(27)12-3-7-17(25)21-10-12/h3-4,6-7,9-11H,5,8H2,1-2H3,(H,21,25)(H,22,26)(H,23,24,27). The molecule has 0 unspecified atom stereocenters. The average Bonchev–Trinajstić information content (AvgIpc) is 3.20. The third kappa shape index (κ3) is 5.45. The number of anilines is 2. The minimum Gasteiger partial charge on any atom is -0.493 e. The molecular weight excluding hydrogens is 408 g/mol. The van der Waals surface area contributed by atoms with Gasteiger partial charge in [0.05, 0.1) is 25.5 Å². The van der Waals surface area contributed by atoms with Gasteiger partial charge in [-0.25, -0.2) is 4.98 Å². The first-order valence-electron chi connectivity index (χ1n) is 8.95. The number of thiazole rings is 1. The molecule has 0 bridgehead atoms. The number of ether oxygens (including phenoxy) is 2. The number of aromatic amines is 1. The quantitative estimate of drug-likeness (QED) is 0.507. The van der Waals surface area contributed by atoms with Crippen molar-refractivity contribution in [1.82, 2.24) is 9.97 Å². The first-order chi connectivity index (χ1) is 14.5. The predicted octanol–water partition coefficient (Wildman–Crippen LogP) is 2.67. The van der Waals surface area contributed by atoms with Crippen molar-refractivity contribution < 1.29 is 19.1 Å². The van der Waals surface area contributed by atoms with Gasteiger partial charge >= 0.3 is 0 Å². The number of H-pyrrole nitrogens is 1. The van der Waals surface area contributed by atoms with E-state index in [4.69, 9.17) is 9.47 Å². The SMILES string of the molecule is COc1ccc(NC(=O)CCc2csc(NC(=O)c3ccc(=O)[nH]c3)n2)cc1OC. The van der Waals surface area contributed by atoms with Crippen molar-refractivity contribution in [2.75, 3.05) is 24.9 Å². The first kappa shape index (κ1) is 21.1. The Morgan fingerprint density at radius 2 is 1.90 bits per heavy atom. The lowest BCUT2D eigenvalue weighted by atomic mass is 10.2. The summed E-state index contributed by atoms with van der Waals surface area (Å²) in [5, 5.41) is 7.68. The van der Waals surface area contributed by atoms with Gasteiger partial charge in [-0.1, -0.05) is 0 Å². The molecule has 0 aliphatic carbocycles. The molecule has 3 N–H and O–H groups in total. The minimum atomic E-state index is -0.377. The highest BCUT2D eigenvalue weighted by Gasteiger charge is 2.11. The molecule has 0 aliphatic heterocycles. The zero-order valence-electron chi connectivity index (χ0n) is 16.4. The fraction of sp³-hybridized carbons (Fsp3) is 0.200. The van der Waals surface area contributed by atoms with Crippen LogP contribution in [0.5, 0.6) is 11.5 Å². The molecule has 3 aromatic rings. The molecule has 1 aromatic carbocycles. The van der Waals surface area contributed by atoms with Crippen LogP contribution in [0.25, 0.3) is 0 Å². The van der Waals surface area contributed by atoms with Crippen molar-refractivity contribution >= 4 is 34.0 Å². The van der Waals surface area contributed by atoms with E-state index in [1.54, 1.807) is 30.7 Å². The van der Waals surface area contributed by atoms with Crippen molar-refractivity contribution in [3.05, 3.63) is 63.5 Å². The number of carbonyl (C=O) groups is 2. The van der Waals surface area contributed by atoms with E-state index in [2.05, 4.69) is 20.6 Å². The number of amides is 2. The molecule has 2 amide bonds. The van der Waals surface area contributed by atoms with Gasteiger partial charge in [-0.3, -0.25) is 19.7 Å². The summed E-state index contributed by atoms with van der Waals surface area (Å²) in [6.07, 6.45) is 1.99. The summed E-state index contributed by atoms with van der Waals surface area (Å²) in [4.78, 5) is 42.2. The first-order valence-corrected chi connectivity index (χ1v) is 9.83. The van der Waals surface area contributed by atoms with Gasteiger partial charge in [-0.05, 0) is 24.6 Å². The topological polar surface area (TPSA) is 122 Å². The number of pyridine rings is 1. The van der Waals surface area contributed by atoms with Crippen molar-refractivity contribution in [1.29, 1.82) is 0 Å². The summed E-state index contributed by atoms with van der Waals surface area (Å²) in [6, 6.07) is 7.84. The van der Waals surface area contributed by atoms with Gasteiger partial charge in [0.15, 0.2) is 16.6 Å². The Balaban J connectivity index is 1.52. The van der Waals surface area contributed by atoms with Crippen LogP contribution in [0, 0.1) is 0 Å². The van der Waals surface area contributed by atoms with E-state index in [0.29, 0.717) is 40.0 Å². The van der Waals surface area contributed by atoms with E-state index >= 15 is 0 Å². The van der Waals surface area contributed by atoms with Gasteiger partial charge in [0.2, 0.25) is 11.5 Å². The van der Waals surface area contributed by atoms with Crippen LogP contribution in [-0.2, 0) is 11.2 Å². The van der Waals surface area contributed by atoms with Gasteiger partial charge in [-0.2, -0.15) is 0 Å². The largest absolute Gasteiger partial charge is 0.493 e. The number of aromatic nitrogens is 2. The molecule has 9 nitrogen and oxygen atoms in total. The number of aryl methyl sites for hydroxylation is 1. The second-order valence-corrected chi connectivity index (χ2v) is 7.02. The second-order valence-electron chi connectivity index (χ2n) is 6.16. The number of carbonyl (C=O) groups excluding carboxylic acids is 2. The Hall–Kier alpha value is -3.66. The summed E-state index contributed by atoms with van der Waals surface area (Å²) in [5.41, 5.74) is 1.33. The zero-order chi connectivity index (χ0) is 21.5. The third-order valence-corrected chi connectivity index (χ3v) is 4.90. The lowest BCUT2D eigenvalue weighted by molar-refractivity contribution is -0.116. The molecule has 0 radical (unpaired) electrons. The Bertz CT molecular complexity index is 1090. The maximum absolute atomic E-state index is 12.2. The summed E-state index contributed by atoms with van der Waals surface area (Å²) in [7, 11) is 3.07. The average molecular weight is 428 g/mol. The molecule has 0 saturated carbocycles. The summed E-state index contributed by atoms with van der Waals surface area (Å²) in [5.74, 6) is 0.555. The van der Waals surface area contributed by atoms with Crippen molar-refractivity contribution in [3.63, 3.8) is 0 Å². The highest BCUT2D eigenvalue weighted by atomic mass is 32.1. The second kappa shape index (κ2) is 9.70. The Labute approximate surface area is 176 Å². The molecule has 30 heavy (non-hydrogen) atoms. The molecule has 0 spiro atoms. The van der Waals surface area contributed by atoms with Crippen LogP contribution in [0.15, 0.2) is 46.7 Å². The molecule has 0 aliphatic rings. The summed E-state index contributed by atoms with van der Waals surface area (Å²) in [6.45, 7) is 0. The molecular formula is C20H20N4O5S. The van der Waals surface area contributed by atoms with E-state index < -0.39 is 0 Å². The molecule has 2 heterocycles. The number of methoxy groups -OCH3 is 2. The molecule has 3 rings (SSSR count). The molecule has 2 aromatic heterocycles. The number of hydrogen-bond acceptors (Lipinski definition) is 7. The summed E-state index contributed by atoms with van der Waals surface area (Å²) < 4.78 is 10.4. The lowest BCUT2D eigenvalue weighted by Crippen LogP contribution is -2.14. The highest BCUT2D eigenvalue weighted by Crippen LogP contribution is 2.29. The van der Waals surface area contributed by atoms with E-state index in [1.807, 2.05) is 0 Å². The van der Waals surface area contributed by atoms with Gasteiger partial charge in [0.1, 0.15) is 0 Å². The number of nitrogens with zero attached hydrogens (tertiary/aromatic N) is 1. The van der Waals surface area contributed by atoms with E-state index in [9.17, 15) is 14.4 Å². The van der Waals surface area contributed by atoms with Crippen molar-refractivity contribution in [2.45, 2.75) is 12.8 Å². The Kier molecular flexibility index (Phi) is 6.81. The van der Waals surface area contributed by atoms with Crippen LogP contribution < -0.4 is 25.7 Å². The highest BCUT2D eigenvalue weighted by molar-refractivity contribution is 7.14. The fourth-order valence-electron chi connectivity index (χ4n) is 2.58. The zero-order valence-corrected chi connectivity index (χ0v) is 17.2. The van der Waals surface area contributed by atoms with Gasteiger partial charge in [-0.15, -0.1) is 11.3 Å². The Morgan fingerprint density at radius 1 is 1.10 bits per heavy atom. The molecule has 0 saturated heterocycles. The molecule has 10 heteroatoms. The van der Waals surface area contributed by atoms with Gasteiger partial charge in [0, 0.05) is 35.8 Å². The number of nitrogens with one attached hydrogen (secondary N) is 3. The fourth-order valence-corrected chi connectivity index (χ4v) is 3.32. The van der Waals surface area contributed by atoms with Crippen molar-refractivity contribution in [3.8, 4) is 11.5 Å².